The van der Waals surface area contributed by atoms with Crippen LogP contribution in [0.2, 0.25) is 0 Å². The Bertz CT molecular complexity index is 1140. The number of aryl methyl sites for hydroxylation is 1. The largest absolute Gasteiger partial charge is 0.549 e. The molecule has 0 saturated heterocycles. The smallest absolute Gasteiger partial charge is 0.261 e. The van der Waals surface area contributed by atoms with Gasteiger partial charge in [0.05, 0.1) is 21.4 Å². The summed E-state index contributed by atoms with van der Waals surface area (Å²) in [6, 6.07) is 14.6. The van der Waals surface area contributed by atoms with Crippen molar-refractivity contribution in [1.29, 1.82) is 0 Å². The number of benzene rings is 3. The second-order valence-electron chi connectivity index (χ2n) is 6.31. The number of hydrogen-bond acceptors (Lipinski definition) is 6. The first-order valence-corrected chi connectivity index (χ1v) is 10.8. The predicted molar refractivity (Wildman–Crippen MR) is 108 cm³/mol. The number of aliphatic carboxylic acids is 1. The average molecular weight is 417 g/mol. The first-order chi connectivity index (χ1) is 13.2. The van der Waals surface area contributed by atoms with Gasteiger partial charge in [0.1, 0.15) is 5.75 Å². The molecule has 0 unspecified atom stereocenters. The Labute approximate surface area is 167 Å². The van der Waals surface area contributed by atoms with Crippen molar-refractivity contribution in [2.45, 2.75) is 28.9 Å². The van der Waals surface area contributed by atoms with E-state index in [9.17, 15) is 23.4 Å². The molecule has 0 aliphatic rings. The van der Waals surface area contributed by atoms with Crippen molar-refractivity contribution < 1.29 is 23.4 Å². The number of phenolic OH excluding ortho intramolecular Hbond substituents is 1. The fourth-order valence-corrected chi connectivity index (χ4v) is 4.62. The van der Waals surface area contributed by atoms with Crippen LogP contribution in [0.25, 0.3) is 10.8 Å². The molecule has 2 N–H and O–H groups in total. The van der Waals surface area contributed by atoms with E-state index in [2.05, 4.69) is 4.72 Å². The number of carboxylic acid groups (broad SMARTS) is 1. The molecule has 28 heavy (non-hydrogen) atoms. The minimum Gasteiger partial charge on any atom is -0.549 e. The third kappa shape index (κ3) is 4.07. The van der Waals surface area contributed by atoms with E-state index in [1.807, 2.05) is 6.92 Å². The summed E-state index contributed by atoms with van der Waals surface area (Å²) in [4.78, 5) is 11.4. The summed E-state index contributed by atoms with van der Waals surface area (Å²) in [6.45, 7) is 3.30. The fourth-order valence-electron chi connectivity index (χ4n) is 2.67. The maximum atomic E-state index is 12.8. The van der Waals surface area contributed by atoms with E-state index in [-0.39, 0.29) is 21.2 Å². The zero-order valence-corrected chi connectivity index (χ0v) is 16.8. The third-order valence-corrected chi connectivity index (χ3v) is 6.69. The van der Waals surface area contributed by atoms with Gasteiger partial charge in [0.15, 0.2) is 0 Å². The third-order valence-electron chi connectivity index (χ3n) is 4.19. The van der Waals surface area contributed by atoms with Crippen LogP contribution in [0.1, 0.15) is 12.5 Å². The Balaban J connectivity index is 2.10. The van der Waals surface area contributed by atoms with E-state index in [0.717, 1.165) is 17.3 Å². The summed E-state index contributed by atoms with van der Waals surface area (Å²) in [6.07, 6.45) is 0. The first-order valence-electron chi connectivity index (χ1n) is 8.41. The molecule has 3 aromatic rings. The van der Waals surface area contributed by atoms with Crippen molar-refractivity contribution in [3.63, 3.8) is 0 Å². The number of carbonyl (C=O) groups excluding carboxylic acids is 1. The van der Waals surface area contributed by atoms with Gasteiger partial charge in [-0.1, -0.05) is 42.0 Å². The number of rotatable bonds is 6. The zero-order valence-electron chi connectivity index (χ0n) is 15.2. The molecule has 8 heteroatoms. The SMILES string of the molecule is Cc1ccc(S(=O)(=O)Nc2cc(S[C@H](C)C(=O)[O-])c(O)c3ccccc23)cc1. The van der Waals surface area contributed by atoms with E-state index in [1.54, 1.807) is 36.4 Å². The van der Waals surface area contributed by atoms with Crippen molar-refractivity contribution in [2.75, 3.05) is 4.72 Å². The van der Waals surface area contributed by atoms with Crippen LogP contribution in [-0.4, -0.2) is 24.7 Å². The molecule has 0 bridgehead atoms. The Kier molecular flexibility index (Phi) is 5.53. The molecule has 6 nitrogen and oxygen atoms in total. The monoisotopic (exact) mass is 416 g/mol. The lowest BCUT2D eigenvalue weighted by Crippen LogP contribution is -2.31. The molecule has 146 valence electrons. The van der Waals surface area contributed by atoms with Gasteiger partial charge in [0, 0.05) is 16.0 Å². The summed E-state index contributed by atoms with van der Waals surface area (Å²) in [5.41, 5.74) is 1.19. The molecular weight excluding hydrogens is 398 g/mol. The maximum absolute atomic E-state index is 12.8. The minimum atomic E-state index is -3.87. The number of sulfonamides is 1. The van der Waals surface area contributed by atoms with E-state index in [1.165, 1.54) is 25.1 Å². The van der Waals surface area contributed by atoms with Crippen molar-refractivity contribution in [3.8, 4) is 5.75 Å². The highest BCUT2D eigenvalue weighted by molar-refractivity contribution is 8.00. The second-order valence-corrected chi connectivity index (χ2v) is 9.38. The molecule has 0 heterocycles. The van der Waals surface area contributed by atoms with Crippen LogP contribution in [0.5, 0.6) is 5.75 Å². The lowest BCUT2D eigenvalue weighted by molar-refractivity contribution is -0.304. The quantitative estimate of drug-likeness (QED) is 0.473. The second kappa shape index (κ2) is 7.73. The number of anilines is 1. The normalized spacial score (nSPS) is 12.6. The van der Waals surface area contributed by atoms with Gasteiger partial charge in [0.2, 0.25) is 0 Å². The molecule has 0 radical (unpaired) electrons. The number of carboxylic acids is 1. The number of thioether (sulfide) groups is 1. The Hall–Kier alpha value is -2.71. The van der Waals surface area contributed by atoms with Crippen LogP contribution in [0.3, 0.4) is 0 Å². The number of aromatic hydroxyl groups is 1. The van der Waals surface area contributed by atoms with Gasteiger partial charge in [-0.15, -0.1) is 11.8 Å². The van der Waals surface area contributed by atoms with Gasteiger partial charge in [-0.05, 0) is 32.0 Å². The lowest BCUT2D eigenvalue weighted by atomic mass is 10.1. The van der Waals surface area contributed by atoms with E-state index in [0.29, 0.717) is 10.8 Å². The molecule has 0 aliphatic heterocycles. The van der Waals surface area contributed by atoms with Crippen molar-refractivity contribution in [2.24, 2.45) is 0 Å². The van der Waals surface area contributed by atoms with Crippen molar-refractivity contribution in [3.05, 3.63) is 60.2 Å². The standard InChI is InChI=1S/C20H19NO5S2/c1-12-7-9-14(10-8-12)28(25,26)21-17-11-18(27-13(2)20(23)24)19(22)16-6-4-3-5-15(16)17/h3-11,13,21-22H,1-2H3,(H,23,24)/p-1/t13-/m1/s1. The fraction of sp³-hybridized carbons (Fsp3) is 0.150. The summed E-state index contributed by atoms with van der Waals surface area (Å²) >= 11 is 0.884. The molecule has 3 aromatic carbocycles. The van der Waals surface area contributed by atoms with Gasteiger partial charge < -0.3 is 15.0 Å². The summed E-state index contributed by atoms with van der Waals surface area (Å²) in [5.74, 6) is -1.38. The molecule has 0 saturated carbocycles. The van der Waals surface area contributed by atoms with Crippen LogP contribution < -0.4 is 9.83 Å². The van der Waals surface area contributed by atoms with Crippen molar-refractivity contribution >= 4 is 44.2 Å². The molecule has 1 atom stereocenters. The highest BCUT2D eigenvalue weighted by atomic mass is 32.2. The number of nitrogens with one attached hydrogen (secondary N) is 1. The highest BCUT2D eigenvalue weighted by Crippen LogP contribution is 2.41. The van der Waals surface area contributed by atoms with Gasteiger partial charge in [0.25, 0.3) is 10.0 Å². The first kappa shape index (κ1) is 20.0. The van der Waals surface area contributed by atoms with Gasteiger partial charge in [-0.3, -0.25) is 4.72 Å². The van der Waals surface area contributed by atoms with Crippen LogP contribution >= 0.6 is 11.8 Å². The maximum Gasteiger partial charge on any atom is 0.261 e. The zero-order chi connectivity index (χ0) is 20.5. The molecule has 0 fully saturated rings. The van der Waals surface area contributed by atoms with Crippen LogP contribution in [0, 0.1) is 6.92 Å². The topological polar surface area (TPSA) is 107 Å². The summed E-state index contributed by atoms with van der Waals surface area (Å²) < 4.78 is 28.1. The Morgan fingerprint density at radius 1 is 1.11 bits per heavy atom. The van der Waals surface area contributed by atoms with E-state index >= 15 is 0 Å². The van der Waals surface area contributed by atoms with Crippen molar-refractivity contribution in [1.82, 2.24) is 0 Å². The molecular formula is C20H18NO5S2-. The summed E-state index contributed by atoms with van der Waals surface area (Å²) in [7, 11) is -3.87. The van der Waals surface area contributed by atoms with Crippen LogP contribution in [0.4, 0.5) is 5.69 Å². The van der Waals surface area contributed by atoms with Crippen LogP contribution in [0.15, 0.2) is 64.4 Å². The molecule has 0 aromatic heterocycles. The van der Waals surface area contributed by atoms with Gasteiger partial charge in [-0.25, -0.2) is 8.42 Å². The van der Waals surface area contributed by atoms with Crippen LogP contribution in [-0.2, 0) is 14.8 Å². The summed E-state index contributed by atoms with van der Waals surface area (Å²) in [5, 5.41) is 21.6. The number of carbonyl (C=O) groups is 1. The molecule has 0 aliphatic carbocycles. The lowest BCUT2D eigenvalue weighted by Gasteiger charge is -2.17. The average Bonchev–Trinajstić information content (AvgIpc) is 2.65. The molecule has 3 rings (SSSR count). The van der Waals surface area contributed by atoms with Gasteiger partial charge in [-0.2, -0.15) is 0 Å². The molecule has 0 amide bonds. The molecule has 0 spiro atoms. The highest BCUT2D eigenvalue weighted by Gasteiger charge is 2.19. The van der Waals surface area contributed by atoms with E-state index in [4.69, 9.17) is 0 Å². The number of fused-ring (bicyclic) bond motifs is 1. The predicted octanol–water partition coefficient (Wildman–Crippen LogP) is 2.89. The Morgan fingerprint density at radius 3 is 2.32 bits per heavy atom. The number of hydrogen-bond donors (Lipinski definition) is 2. The number of phenols is 1. The van der Waals surface area contributed by atoms with E-state index < -0.39 is 21.2 Å². The Morgan fingerprint density at radius 2 is 1.71 bits per heavy atom. The van der Waals surface area contributed by atoms with Gasteiger partial charge >= 0.3 is 0 Å². The minimum absolute atomic E-state index is 0.104.